The van der Waals surface area contributed by atoms with Gasteiger partial charge in [0.2, 0.25) is 0 Å². The topological polar surface area (TPSA) is 70.6 Å². The number of H-pyrrole nitrogens is 1. The highest BCUT2D eigenvalue weighted by molar-refractivity contribution is 5.21. The Balaban J connectivity index is 1.60. The largest absolute Gasteiger partial charge is 0.490 e. The Morgan fingerprint density at radius 3 is 3.00 bits per heavy atom. The average molecular weight is 303 g/mol. The first-order chi connectivity index (χ1) is 10.7. The molecule has 2 heterocycles. The Hall–Kier alpha value is -1.89. The van der Waals surface area contributed by atoms with Crippen LogP contribution >= 0.6 is 0 Å². The molecule has 1 fully saturated rings. The lowest BCUT2D eigenvalue weighted by Gasteiger charge is -2.30. The molecule has 0 saturated carbocycles. The molecule has 3 rings (SSSR count). The molecule has 1 aromatic heterocycles. The van der Waals surface area contributed by atoms with Crippen molar-refractivity contribution >= 4 is 0 Å². The fraction of sp³-hybridized carbons (Fsp3) is 0.438. The van der Waals surface area contributed by atoms with Crippen molar-refractivity contribution in [2.45, 2.75) is 12.1 Å². The summed E-state index contributed by atoms with van der Waals surface area (Å²) in [5.74, 6) is 1.63. The first kappa shape index (κ1) is 15.0. The number of aliphatic hydroxyl groups is 1. The van der Waals surface area contributed by atoms with Gasteiger partial charge in [0.15, 0.2) is 0 Å². The van der Waals surface area contributed by atoms with Crippen LogP contribution in [0.3, 0.4) is 0 Å². The molecule has 1 aliphatic rings. The van der Waals surface area contributed by atoms with Crippen LogP contribution in [0.5, 0.6) is 5.75 Å². The molecule has 118 valence electrons. The summed E-state index contributed by atoms with van der Waals surface area (Å²) in [6.45, 7) is 2.97. The lowest BCUT2D eigenvalue weighted by molar-refractivity contribution is -0.0648. The van der Waals surface area contributed by atoms with Gasteiger partial charge in [-0.25, -0.2) is 4.98 Å². The van der Waals surface area contributed by atoms with E-state index in [4.69, 9.17) is 9.47 Å². The molecular formula is C16H21N3O3. The third kappa shape index (κ3) is 4.07. The van der Waals surface area contributed by atoms with Gasteiger partial charge in [-0.15, -0.1) is 0 Å². The fourth-order valence-electron chi connectivity index (χ4n) is 2.55. The molecule has 6 heteroatoms. The lowest BCUT2D eigenvalue weighted by Crippen LogP contribution is -2.48. The highest BCUT2D eigenvalue weighted by Gasteiger charge is 2.33. The number of imidazole rings is 1. The number of hydrogen-bond donors (Lipinski definition) is 2. The van der Waals surface area contributed by atoms with E-state index in [9.17, 15) is 5.11 Å². The van der Waals surface area contributed by atoms with Crippen molar-refractivity contribution in [2.75, 3.05) is 32.9 Å². The first-order valence-corrected chi connectivity index (χ1v) is 7.42. The SMILES string of the molecule is O[C@]1(COc2ccccc2)COCCN(Cc2ncc[nH]2)C1. The highest BCUT2D eigenvalue weighted by Crippen LogP contribution is 2.17. The van der Waals surface area contributed by atoms with E-state index in [2.05, 4.69) is 14.9 Å². The summed E-state index contributed by atoms with van der Waals surface area (Å²) >= 11 is 0. The smallest absolute Gasteiger partial charge is 0.134 e. The van der Waals surface area contributed by atoms with Crippen molar-refractivity contribution in [1.29, 1.82) is 0 Å². The number of ether oxygens (including phenoxy) is 2. The van der Waals surface area contributed by atoms with Gasteiger partial charge in [-0.2, -0.15) is 0 Å². The molecule has 22 heavy (non-hydrogen) atoms. The minimum atomic E-state index is -1.03. The molecule has 0 unspecified atom stereocenters. The van der Waals surface area contributed by atoms with E-state index in [-0.39, 0.29) is 13.2 Å². The molecule has 1 aromatic carbocycles. The second kappa shape index (κ2) is 6.91. The molecule has 0 radical (unpaired) electrons. The number of aromatic nitrogens is 2. The summed E-state index contributed by atoms with van der Waals surface area (Å²) in [7, 11) is 0. The van der Waals surface area contributed by atoms with Crippen LogP contribution in [-0.2, 0) is 11.3 Å². The summed E-state index contributed by atoms with van der Waals surface area (Å²) < 4.78 is 11.3. The Bertz CT molecular complexity index is 561. The van der Waals surface area contributed by atoms with Crippen molar-refractivity contribution < 1.29 is 14.6 Å². The Morgan fingerprint density at radius 2 is 2.23 bits per heavy atom. The number of para-hydroxylation sites is 1. The maximum atomic E-state index is 10.8. The third-order valence-corrected chi connectivity index (χ3v) is 3.62. The monoisotopic (exact) mass is 303 g/mol. The molecule has 2 N–H and O–H groups in total. The predicted octanol–water partition coefficient (Wildman–Crippen LogP) is 1.05. The van der Waals surface area contributed by atoms with Crippen LogP contribution in [0, 0.1) is 0 Å². The molecule has 2 aromatic rings. The number of nitrogens with one attached hydrogen (secondary N) is 1. The van der Waals surface area contributed by atoms with Gasteiger partial charge in [0.25, 0.3) is 0 Å². The van der Waals surface area contributed by atoms with E-state index in [1.807, 2.05) is 30.3 Å². The zero-order valence-corrected chi connectivity index (χ0v) is 12.4. The van der Waals surface area contributed by atoms with Gasteiger partial charge in [-0.3, -0.25) is 4.90 Å². The molecule has 1 atom stereocenters. The number of rotatable bonds is 5. The van der Waals surface area contributed by atoms with E-state index in [0.717, 1.165) is 18.1 Å². The van der Waals surface area contributed by atoms with Crippen LogP contribution < -0.4 is 4.74 Å². The van der Waals surface area contributed by atoms with E-state index >= 15 is 0 Å². The molecule has 6 nitrogen and oxygen atoms in total. The zero-order chi connectivity index (χ0) is 15.3. The van der Waals surface area contributed by atoms with E-state index in [0.29, 0.717) is 19.7 Å². The van der Waals surface area contributed by atoms with Crippen LogP contribution in [0.4, 0.5) is 0 Å². The van der Waals surface area contributed by atoms with Crippen molar-refractivity contribution in [3.63, 3.8) is 0 Å². The van der Waals surface area contributed by atoms with Crippen molar-refractivity contribution in [3.05, 3.63) is 48.5 Å². The molecule has 0 spiro atoms. The Kier molecular flexibility index (Phi) is 4.72. The number of β-amino-alcohol motifs (C(OH)–C–C–N with tert-alkyl or cyclic N) is 1. The maximum Gasteiger partial charge on any atom is 0.134 e. The quantitative estimate of drug-likeness (QED) is 0.864. The summed E-state index contributed by atoms with van der Waals surface area (Å²) in [5, 5.41) is 10.8. The Labute approximate surface area is 129 Å². The fourth-order valence-corrected chi connectivity index (χ4v) is 2.55. The Morgan fingerprint density at radius 1 is 1.36 bits per heavy atom. The van der Waals surface area contributed by atoms with Gasteiger partial charge in [0, 0.05) is 25.5 Å². The molecule has 0 aliphatic carbocycles. The van der Waals surface area contributed by atoms with Gasteiger partial charge < -0.3 is 19.6 Å². The second-order valence-corrected chi connectivity index (χ2v) is 5.63. The summed E-state index contributed by atoms with van der Waals surface area (Å²) in [6.07, 6.45) is 3.53. The molecule has 1 aliphatic heterocycles. The van der Waals surface area contributed by atoms with Crippen LogP contribution in [-0.4, -0.2) is 58.5 Å². The standard InChI is InChI=1S/C16H21N3O3/c20-16(13-22-14-4-2-1-3-5-14)11-19(8-9-21-12-16)10-15-17-6-7-18-15/h1-7,20H,8-13H2,(H,17,18)/t16-/m0/s1. The highest BCUT2D eigenvalue weighted by atomic mass is 16.5. The minimum Gasteiger partial charge on any atom is -0.490 e. The van der Waals surface area contributed by atoms with Crippen LogP contribution in [0.15, 0.2) is 42.7 Å². The van der Waals surface area contributed by atoms with Gasteiger partial charge in [0.05, 0.1) is 19.8 Å². The second-order valence-electron chi connectivity index (χ2n) is 5.63. The van der Waals surface area contributed by atoms with Crippen LogP contribution in [0.25, 0.3) is 0 Å². The summed E-state index contributed by atoms with van der Waals surface area (Å²) in [5.41, 5.74) is -1.03. The van der Waals surface area contributed by atoms with Crippen LogP contribution in [0.1, 0.15) is 5.82 Å². The third-order valence-electron chi connectivity index (χ3n) is 3.62. The van der Waals surface area contributed by atoms with Crippen molar-refractivity contribution in [1.82, 2.24) is 14.9 Å². The summed E-state index contributed by atoms with van der Waals surface area (Å²) in [6, 6.07) is 9.50. The molecule has 0 amide bonds. The lowest BCUT2D eigenvalue weighted by atomic mass is 10.1. The van der Waals surface area contributed by atoms with Crippen molar-refractivity contribution in [3.8, 4) is 5.75 Å². The first-order valence-electron chi connectivity index (χ1n) is 7.42. The molecule has 0 bridgehead atoms. The van der Waals surface area contributed by atoms with Gasteiger partial charge in [-0.1, -0.05) is 18.2 Å². The van der Waals surface area contributed by atoms with Crippen LogP contribution in [0.2, 0.25) is 0 Å². The minimum absolute atomic E-state index is 0.200. The number of aromatic amines is 1. The molecule has 1 saturated heterocycles. The van der Waals surface area contributed by atoms with Crippen molar-refractivity contribution in [2.24, 2.45) is 0 Å². The van der Waals surface area contributed by atoms with Gasteiger partial charge in [-0.05, 0) is 12.1 Å². The van der Waals surface area contributed by atoms with Gasteiger partial charge >= 0.3 is 0 Å². The van der Waals surface area contributed by atoms with E-state index in [1.165, 1.54) is 0 Å². The predicted molar refractivity (Wildman–Crippen MR) is 81.6 cm³/mol. The van der Waals surface area contributed by atoms with Gasteiger partial charge in [0.1, 0.15) is 23.8 Å². The number of hydrogen-bond acceptors (Lipinski definition) is 5. The average Bonchev–Trinajstić information content (AvgIpc) is 2.96. The summed E-state index contributed by atoms with van der Waals surface area (Å²) in [4.78, 5) is 9.44. The zero-order valence-electron chi connectivity index (χ0n) is 12.4. The number of benzene rings is 1. The normalized spacial score (nSPS) is 23.1. The van der Waals surface area contributed by atoms with E-state index in [1.54, 1.807) is 12.4 Å². The maximum absolute atomic E-state index is 10.8. The number of nitrogens with zero attached hydrogens (tertiary/aromatic N) is 2. The molecular weight excluding hydrogens is 282 g/mol. The van der Waals surface area contributed by atoms with E-state index < -0.39 is 5.60 Å².